The Morgan fingerprint density at radius 2 is 2.08 bits per heavy atom. The molecule has 2 aromatic heterocycles. The number of thiazole rings is 1. The summed E-state index contributed by atoms with van der Waals surface area (Å²) in [5.74, 6) is -2.15. The number of benzene rings is 1. The maximum Gasteiger partial charge on any atom is 0.313 e. The van der Waals surface area contributed by atoms with E-state index in [0.717, 1.165) is 11.3 Å². The first-order chi connectivity index (χ1) is 11.6. The summed E-state index contributed by atoms with van der Waals surface area (Å²) in [6, 6.07) is 1.36. The minimum absolute atomic E-state index is 0.0803. The molecule has 0 N–H and O–H groups in total. The van der Waals surface area contributed by atoms with Gasteiger partial charge < -0.3 is 14.0 Å². The van der Waals surface area contributed by atoms with Gasteiger partial charge in [0.15, 0.2) is 17.9 Å². The van der Waals surface area contributed by atoms with Crippen LogP contribution in [0.15, 0.2) is 20.8 Å². The molecule has 0 amide bonds. The van der Waals surface area contributed by atoms with Gasteiger partial charge >= 0.3 is 4.87 Å². The first-order valence-corrected chi connectivity index (χ1v) is 8.20. The lowest BCUT2D eigenvalue weighted by Gasteiger charge is -2.11. The fourth-order valence-electron chi connectivity index (χ4n) is 2.70. The van der Waals surface area contributed by atoms with Gasteiger partial charge in [-0.15, -0.1) is 0 Å². The third-order valence-electron chi connectivity index (χ3n) is 3.87. The quantitative estimate of drug-likeness (QED) is 0.723. The van der Waals surface area contributed by atoms with Crippen molar-refractivity contribution in [3.63, 3.8) is 0 Å². The summed E-state index contributed by atoms with van der Waals surface area (Å²) in [7, 11) is 0. The van der Waals surface area contributed by atoms with Gasteiger partial charge in [-0.05, 0) is 12.5 Å². The third-order valence-corrected chi connectivity index (χ3v) is 4.64. The smallest absolute Gasteiger partial charge is 0.313 e. The maximum absolute atomic E-state index is 14.3. The van der Waals surface area contributed by atoms with Gasteiger partial charge in [0.2, 0.25) is 11.4 Å². The number of hydrogen-bond donors (Lipinski definition) is 0. The Morgan fingerprint density at radius 1 is 1.33 bits per heavy atom. The molecule has 4 rings (SSSR count). The molecule has 0 unspecified atom stereocenters. The van der Waals surface area contributed by atoms with Crippen molar-refractivity contribution in [2.24, 2.45) is 0 Å². The summed E-state index contributed by atoms with van der Waals surface area (Å²) < 4.78 is 45.4. The van der Waals surface area contributed by atoms with Crippen LogP contribution >= 0.6 is 11.3 Å². The van der Waals surface area contributed by atoms with E-state index in [4.69, 9.17) is 14.0 Å². The van der Waals surface area contributed by atoms with Crippen molar-refractivity contribution in [1.29, 1.82) is 0 Å². The highest BCUT2D eigenvalue weighted by Gasteiger charge is 2.29. The van der Waals surface area contributed by atoms with Gasteiger partial charge in [-0.25, -0.2) is 4.39 Å². The molecule has 24 heavy (non-hydrogen) atoms. The molecular weight excluding hydrogens is 342 g/mol. The van der Waals surface area contributed by atoms with E-state index in [1.54, 1.807) is 5.38 Å². The van der Waals surface area contributed by atoms with E-state index >= 15 is 0 Å². The summed E-state index contributed by atoms with van der Waals surface area (Å²) in [5, 5.41) is 5.68. The topological polar surface area (TPSA) is 66.5 Å². The van der Waals surface area contributed by atoms with Gasteiger partial charge in [0.05, 0.1) is 18.6 Å². The molecule has 1 aliphatic heterocycles. The van der Waals surface area contributed by atoms with Crippen molar-refractivity contribution in [2.45, 2.75) is 19.6 Å². The van der Waals surface area contributed by atoms with Crippen LogP contribution in [-0.4, -0.2) is 22.9 Å². The van der Waals surface area contributed by atoms with E-state index in [-0.39, 0.29) is 27.2 Å². The highest BCUT2D eigenvalue weighted by Crippen LogP contribution is 2.34. The van der Waals surface area contributed by atoms with Crippen molar-refractivity contribution >= 4 is 22.3 Å². The fourth-order valence-corrected chi connectivity index (χ4v) is 3.52. The molecule has 1 aromatic carbocycles. The Balaban J connectivity index is 1.98. The molecule has 3 aromatic rings. The lowest BCUT2D eigenvalue weighted by molar-refractivity contribution is -0.0467. The van der Waals surface area contributed by atoms with Crippen molar-refractivity contribution < 1.29 is 22.8 Å². The minimum atomic E-state index is -1.18. The molecule has 0 aliphatic carbocycles. The molecule has 0 atom stereocenters. The maximum atomic E-state index is 14.3. The molecule has 126 valence electrons. The van der Waals surface area contributed by atoms with Crippen molar-refractivity contribution in [3.05, 3.63) is 44.0 Å². The van der Waals surface area contributed by atoms with Gasteiger partial charge in [0.25, 0.3) is 0 Å². The second-order valence-electron chi connectivity index (χ2n) is 5.23. The SMILES string of the molecule is CCc1csc(=O)n1-c1noc2c(F)c(F)c(C3OCCO3)cc12. The molecule has 1 aliphatic rings. The first kappa shape index (κ1) is 15.4. The van der Waals surface area contributed by atoms with Gasteiger partial charge in [-0.3, -0.25) is 9.36 Å². The van der Waals surface area contributed by atoms with Crippen LogP contribution in [0.2, 0.25) is 0 Å². The van der Waals surface area contributed by atoms with E-state index in [2.05, 4.69) is 5.16 Å². The molecule has 1 saturated heterocycles. The Bertz CT molecular complexity index is 972. The summed E-state index contributed by atoms with van der Waals surface area (Å²) in [6.07, 6.45) is -0.408. The summed E-state index contributed by atoms with van der Waals surface area (Å²) in [4.78, 5) is 11.8. The van der Waals surface area contributed by atoms with E-state index in [0.29, 0.717) is 25.3 Å². The van der Waals surface area contributed by atoms with Gasteiger partial charge in [0, 0.05) is 16.6 Å². The number of halogens is 2. The Hall–Kier alpha value is -2.10. The largest absolute Gasteiger partial charge is 0.351 e. The summed E-state index contributed by atoms with van der Waals surface area (Å²) in [5.41, 5.74) is 0.285. The molecular formula is C15H12F2N2O4S. The first-order valence-electron chi connectivity index (χ1n) is 7.32. The third kappa shape index (κ3) is 2.20. The standard InChI is InChI=1S/C15H12F2N2O4S/c1-2-7-6-24-15(20)19(7)13-9-5-8(14-21-3-4-22-14)10(16)11(17)12(9)23-18-13/h5-6,14H,2-4H2,1H3. The lowest BCUT2D eigenvalue weighted by atomic mass is 10.1. The van der Waals surface area contributed by atoms with Crippen LogP contribution in [0.25, 0.3) is 16.8 Å². The van der Waals surface area contributed by atoms with E-state index in [9.17, 15) is 13.6 Å². The van der Waals surface area contributed by atoms with Crippen LogP contribution in [0.3, 0.4) is 0 Å². The monoisotopic (exact) mass is 354 g/mol. The molecule has 0 radical (unpaired) electrons. The van der Waals surface area contributed by atoms with Crippen LogP contribution in [0.4, 0.5) is 8.78 Å². The second kappa shape index (κ2) is 5.76. The number of rotatable bonds is 3. The lowest BCUT2D eigenvalue weighted by Crippen LogP contribution is -2.14. The highest BCUT2D eigenvalue weighted by atomic mass is 32.1. The zero-order valence-corrected chi connectivity index (χ0v) is 13.4. The van der Waals surface area contributed by atoms with E-state index < -0.39 is 17.9 Å². The molecule has 0 bridgehead atoms. The predicted octanol–water partition coefficient (Wildman–Crippen LogP) is 2.93. The van der Waals surface area contributed by atoms with Crippen LogP contribution in [0.1, 0.15) is 24.5 Å². The van der Waals surface area contributed by atoms with Crippen LogP contribution < -0.4 is 4.87 Å². The van der Waals surface area contributed by atoms with E-state index in [1.807, 2.05) is 6.92 Å². The van der Waals surface area contributed by atoms with Crippen LogP contribution in [-0.2, 0) is 15.9 Å². The number of ether oxygens (including phenoxy) is 2. The van der Waals surface area contributed by atoms with Crippen molar-refractivity contribution in [2.75, 3.05) is 13.2 Å². The Labute approximate surface area is 138 Å². The second-order valence-corrected chi connectivity index (χ2v) is 6.05. The number of nitrogens with zero attached hydrogens (tertiary/aromatic N) is 2. The fraction of sp³-hybridized carbons (Fsp3) is 0.333. The normalized spacial score (nSPS) is 15.6. The Morgan fingerprint density at radius 3 is 2.79 bits per heavy atom. The summed E-state index contributed by atoms with van der Waals surface area (Å²) >= 11 is 1.01. The highest BCUT2D eigenvalue weighted by molar-refractivity contribution is 7.07. The summed E-state index contributed by atoms with van der Waals surface area (Å²) in [6.45, 7) is 2.47. The molecule has 1 fully saturated rings. The molecule has 0 saturated carbocycles. The number of fused-ring (bicyclic) bond motifs is 1. The number of aryl methyl sites for hydroxylation is 1. The number of aromatic nitrogens is 2. The molecule has 6 nitrogen and oxygen atoms in total. The van der Waals surface area contributed by atoms with Crippen LogP contribution in [0, 0.1) is 11.6 Å². The predicted molar refractivity (Wildman–Crippen MR) is 81.4 cm³/mol. The Kier molecular flexibility index (Phi) is 3.70. The zero-order chi connectivity index (χ0) is 16.8. The average molecular weight is 354 g/mol. The van der Waals surface area contributed by atoms with Crippen molar-refractivity contribution in [1.82, 2.24) is 9.72 Å². The van der Waals surface area contributed by atoms with Gasteiger partial charge in [-0.2, -0.15) is 4.39 Å². The minimum Gasteiger partial charge on any atom is -0.351 e. The average Bonchev–Trinajstić information content (AvgIpc) is 3.29. The van der Waals surface area contributed by atoms with Crippen molar-refractivity contribution in [3.8, 4) is 5.82 Å². The molecule has 9 heteroatoms. The number of hydrogen-bond acceptors (Lipinski definition) is 6. The van der Waals surface area contributed by atoms with Gasteiger partial charge in [-0.1, -0.05) is 23.4 Å². The van der Waals surface area contributed by atoms with E-state index in [1.165, 1.54) is 10.6 Å². The zero-order valence-electron chi connectivity index (χ0n) is 12.5. The van der Waals surface area contributed by atoms with Gasteiger partial charge in [0.1, 0.15) is 0 Å². The molecule has 3 heterocycles. The molecule has 0 spiro atoms. The van der Waals surface area contributed by atoms with Crippen LogP contribution in [0.5, 0.6) is 0 Å².